The number of benzene rings is 1. The highest BCUT2D eigenvalue weighted by Gasteiger charge is 2.44. The van der Waals surface area contributed by atoms with Gasteiger partial charge in [0.05, 0.1) is 0 Å². The van der Waals surface area contributed by atoms with E-state index in [4.69, 9.17) is 5.73 Å². The lowest BCUT2D eigenvalue weighted by Crippen LogP contribution is -2.54. The van der Waals surface area contributed by atoms with Gasteiger partial charge < -0.3 is 10.8 Å². The molecular weight excluding hydrogens is 202 g/mol. The van der Waals surface area contributed by atoms with Crippen LogP contribution in [0.1, 0.15) is 37.2 Å². The van der Waals surface area contributed by atoms with E-state index < -0.39 is 11.5 Å². The summed E-state index contributed by atoms with van der Waals surface area (Å²) in [6.07, 6.45) is 3.41. The maximum atomic E-state index is 11.3. The Morgan fingerprint density at radius 1 is 1.31 bits per heavy atom. The number of rotatable bonds is 2. The van der Waals surface area contributed by atoms with E-state index in [-0.39, 0.29) is 5.92 Å². The van der Waals surface area contributed by atoms with Crippen molar-refractivity contribution in [2.24, 2.45) is 5.73 Å². The van der Waals surface area contributed by atoms with Crippen LogP contribution in [0.15, 0.2) is 30.3 Å². The summed E-state index contributed by atoms with van der Waals surface area (Å²) in [5.41, 5.74) is 6.04. The van der Waals surface area contributed by atoms with E-state index >= 15 is 0 Å². The molecule has 1 aromatic rings. The average Bonchev–Trinajstić information content (AvgIpc) is 2.30. The van der Waals surface area contributed by atoms with Gasteiger partial charge in [0.1, 0.15) is 5.54 Å². The third-order valence-electron chi connectivity index (χ3n) is 3.56. The smallest absolute Gasteiger partial charge is 0.324 e. The molecule has 1 aliphatic carbocycles. The SMILES string of the molecule is NC1(C(=O)O)CCCCC1c1ccccc1. The lowest BCUT2D eigenvalue weighted by atomic mass is 9.70. The Bertz CT molecular complexity index is 377. The second kappa shape index (κ2) is 4.26. The molecule has 1 saturated carbocycles. The van der Waals surface area contributed by atoms with Gasteiger partial charge in [-0.25, -0.2) is 0 Å². The molecule has 1 fully saturated rings. The van der Waals surface area contributed by atoms with Crippen LogP contribution in [0.25, 0.3) is 0 Å². The van der Waals surface area contributed by atoms with Gasteiger partial charge in [0, 0.05) is 5.92 Å². The molecule has 1 aromatic carbocycles. The van der Waals surface area contributed by atoms with Crippen molar-refractivity contribution in [1.29, 1.82) is 0 Å². The van der Waals surface area contributed by atoms with E-state index in [1.54, 1.807) is 0 Å². The molecule has 2 unspecified atom stereocenters. The summed E-state index contributed by atoms with van der Waals surface area (Å²) in [5.74, 6) is -0.930. The van der Waals surface area contributed by atoms with Gasteiger partial charge in [-0.3, -0.25) is 4.79 Å². The molecule has 0 aliphatic heterocycles. The summed E-state index contributed by atoms with van der Waals surface area (Å²) < 4.78 is 0. The first-order valence-electron chi connectivity index (χ1n) is 5.72. The number of carboxylic acid groups (broad SMARTS) is 1. The van der Waals surface area contributed by atoms with Crippen LogP contribution < -0.4 is 5.73 Å². The van der Waals surface area contributed by atoms with Crippen LogP contribution >= 0.6 is 0 Å². The monoisotopic (exact) mass is 219 g/mol. The van der Waals surface area contributed by atoms with Crippen molar-refractivity contribution >= 4 is 5.97 Å². The Hall–Kier alpha value is -1.35. The lowest BCUT2D eigenvalue weighted by molar-refractivity contribution is -0.145. The van der Waals surface area contributed by atoms with Crippen LogP contribution in [0.2, 0.25) is 0 Å². The van der Waals surface area contributed by atoms with Crippen molar-refractivity contribution < 1.29 is 9.90 Å². The molecule has 3 N–H and O–H groups in total. The van der Waals surface area contributed by atoms with Crippen LogP contribution in [0.5, 0.6) is 0 Å². The van der Waals surface area contributed by atoms with Crippen molar-refractivity contribution in [3.63, 3.8) is 0 Å². The van der Waals surface area contributed by atoms with Crippen LogP contribution in [0, 0.1) is 0 Å². The highest BCUT2D eigenvalue weighted by atomic mass is 16.4. The summed E-state index contributed by atoms with van der Waals surface area (Å²) in [7, 11) is 0. The molecule has 3 heteroatoms. The van der Waals surface area contributed by atoms with Crippen LogP contribution in [0.3, 0.4) is 0 Å². The van der Waals surface area contributed by atoms with Gasteiger partial charge in [-0.2, -0.15) is 0 Å². The minimum Gasteiger partial charge on any atom is -0.480 e. The molecule has 0 spiro atoms. The zero-order valence-electron chi connectivity index (χ0n) is 9.23. The Morgan fingerprint density at radius 2 is 2.00 bits per heavy atom. The highest BCUT2D eigenvalue weighted by molar-refractivity contribution is 5.80. The van der Waals surface area contributed by atoms with Crippen LogP contribution in [0.4, 0.5) is 0 Å². The van der Waals surface area contributed by atoms with Gasteiger partial charge in [0.15, 0.2) is 0 Å². The number of hydrogen-bond acceptors (Lipinski definition) is 2. The first-order chi connectivity index (χ1) is 7.64. The van der Waals surface area contributed by atoms with Gasteiger partial charge in [-0.1, -0.05) is 43.2 Å². The fourth-order valence-corrected chi connectivity index (χ4v) is 2.60. The Morgan fingerprint density at radius 3 is 2.62 bits per heavy atom. The van der Waals surface area contributed by atoms with Crippen molar-refractivity contribution in [3.05, 3.63) is 35.9 Å². The Labute approximate surface area is 95.3 Å². The molecule has 2 rings (SSSR count). The van der Waals surface area contributed by atoms with Gasteiger partial charge in [-0.15, -0.1) is 0 Å². The fourth-order valence-electron chi connectivity index (χ4n) is 2.60. The first kappa shape index (κ1) is 11.1. The second-order valence-corrected chi connectivity index (χ2v) is 4.55. The lowest BCUT2D eigenvalue weighted by Gasteiger charge is -2.38. The maximum Gasteiger partial charge on any atom is 0.324 e. The number of carboxylic acids is 1. The normalized spacial score (nSPS) is 29.9. The largest absolute Gasteiger partial charge is 0.480 e. The van der Waals surface area contributed by atoms with Gasteiger partial charge >= 0.3 is 5.97 Å². The molecular formula is C13H17NO2. The molecule has 0 saturated heterocycles. The standard InChI is InChI=1S/C13H17NO2/c14-13(12(15)16)9-5-4-8-11(13)10-6-2-1-3-7-10/h1-3,6-7,11H,4-5,8-9,14H2,(H,15,16). The zero-order chi connectivity index (χ0) is 11.6. The minimum absolute atomic E-state index is 0.0556. The second-order valence-electron chi connectivity index (χ2n) is 4.55. The summed E-state index contributed by atoms with van der Waals surface area (Å²) in [6.45, 7) is 0. The Kier molecular flexibility index (Phi) is 2.97. The molecule has 2 atom stereocenters. The molecule has 0 radical (unpaired) electrons. The number of nitrogens with two attached hydrogens (primary N) is 1. The summed E-state index contributed by atoms with van der Waals surface area (Å²) >= 11 is 0. The van der Waals surface area contributed by atoms with E-state index in [0.29, 0.717) is 6.42 Å². The average molecular weight is 219 g/mol. The predicted molar refractivity (Wildman–Crippen MR) is 62.2 cm³/mol. The van der Waals surface area contributed by atoms with E-state index in [0.717, 1.165) is 24.8 Å². The van der Waals surface area contributed by atoms with Crippen LogP contribution in [-0.4, -0.2) is 16.6 Å². The molecule has 86 valence electrons. The minimum atomic E-state index is -1.08. The topological polar surface area (TPSA) is 63.3 Å². The van der Waals surface area contributed by atoms with E-state index in [1.807, 2.05) is 30.3 Å². The quantitative estimate of drug-likeness (QED) is 0.800. The predicted octanol–water partition coefficient (Wildman–Crippen LogP) is 2.13. The summed E-state index contributed by atoms with van der Waals surface area (Å²) in [5, 5.41) is 9.30. The molecule has 0 aromatic heterocycles. The molecule has 16 heavy (non-hydrogen) atoms. The van der Waals surface area contributed by atoms with E-state index in [2.05, 4.69) is 0 Å². The van der Waals surface area contributed by atoms with E-state index in [1.165, 1.54) is 0 Å². The molecule has 0 amide bonds. The van der Waals surface area contributed by atoms with Gasteiger partial charge in [0.25, 0.3) is 0 Å². The van der Waals surface area contributed by atoms with Crippen molar-refractivity contribution in [1.82, 2.24) is 0 Å². The van der Waals surface area contributed by atoms with E-state index in [9.17, 15) is 9.90 Å². The molecule has 1 aliphatic rings. The van der Waals surface area contributed by atoms with Gasteiger partial charge in [-0.05, 0) is 18.4 Å². The third-order valence-corrected chi connectivity index (χ3v) is 3.56. The zero-order valence-corrected chi connectivity index (χ0v) is 9.23. The number of hydrogen-bond donors (Lipinski definition) is 2. The Balaban J connectivity index is 2.34. The van der Waals surface area contributed by atoms with Gasteiger partial charge in [0.2, 0.25) is 0 Å². The van der Waals surface area contributed by atoms with Crippen molar-refractivity contribution in [3.8, 4) is 0 Å². The summed E-state index contributed by atoms with van der Waals surface area (Å²) in [6, 6.07) is 9.75. The number of aliphatic carboxylic acids is 1. The first-order valence-corrected chi connectivity index (χ1v) is 5.72. The number of carbonyl (C=O) groups is 1. The molecule has 0 heterocycles. The van der Waals surface area contributed by atoms with Crippen LogP contribution in [-0.2, 0) is 4.79 Å². The molecule has 3 nitrogen and oxygen atoms in total. The maximum absolute atomic E-state index is 11.3. The fraction of sp³-hybridized carbons (Fsp3) is 0.462. The summed E-state index contributed by atoms with van der Waals surface area (Å²) in [4.78, 5) is 11.3. The molecule has 0 bridgehead atoms. The highest BCUT2D eigenvalue weighted by Crippen LogP contribution is 2.39. The third kappa shape index (κ3) is 1.83. The van der Waals surface area contributed by atoms with Crippen molar-refractivity contribution in [2.45, 2.75) is 37.1 Å². The van der Waals surface area contributed by atoms with Crippen molar-refractivity contribution in [2.75, 3.05) is 0 Å².